The Morgan fingerprint density at radius 3 is 3.00 bits per heavy atom. The largest absolute Gasteiger partial charge is 0.368 e. The third-order valence-electron chi connectivity index (χ3n) is 4.33. The van der Waals surface area contributed by atoms with Crippen molar-refractivity contribution < 1.29 is 19.1 Å². The number of Topliss-reactive ketones (excluding diaryl/α,β-unsaturated/α-hetero) is 1. The van der Waals surface area contributed by atoms with Crippen LogP contribution >= 0.6 is 0 Å². The minimum atomic E-state index is -0.362. The molecule has 0 spiro atoms. The van der Waals surface area contributed by atoms with Gasteiger partial charge >= 0.3 is 0 Å². The molecule has 1 fully saturated rings. The van der Waals surface area contributed by atoms with Crippen molar-refractivity contribution in [1.29, 1.82) is 0 Å². The highest BCUT2D eigenvalue weighted by Crippen LogP contribution is 2.27. The van der Waals surface area contributed by atoms with E-state index in [1.54, 1.807) is 11.0 Å². The molecule has 23 heavy (non-hydrogen) atoms. The standard InChI is InChI=1S/C17H20N2O4/c20-11-19-8-6-12-10-13(3-4-14(12)19)15(21)5-7-18-17(22)16-2-1-9-23-16/h3-4,10-11,16H,1-2,5-9H2,(H,18,22). The Bertz CT molecular complexity index is 623. The number of carbonyl (C=O) groups is 3. The maximum absolute atomic E-state index is 12.2. The summed E-state index contributed by atoms with van der Waals surface area (Å²) >= 11 is 0. The molecule has 0 aromatic heterocycles. The fourth-order valence-corrected chi connectivity index (χ4v) is 3.05. The summed E-state index contributed by atoms with van der Waals surface area (Å²) in [5.41, 5.74) is 2.53. The first-order valence-electron chi connectivity index (χ1n) is 7.96. The van der Waals surface area contributed by atoms with Gasteiger partial charge in [0.25, 0.3) is 0 Å². The van der Waals surface area contributed by atoms with Crippen LogP contribution in [0.1, 0.15) is 35.2 Å². The number of ketones is 1. The highest BCUT2D eigenvalue weighted by Gasteiger charge is 2.23. The molecule has 6 nitrogen and oxygen atoms in total. The summed E-state index contributed by atoms with van der Waals surface area (Å²) in [7, 11) is 0. The van der Waals surface area contributed by atoms with E-state index in [-0.39, 0.29) is 24.2 Å². The van der Waals surface area contributed by atoms with Gasteiger partial charge in [0.15, 0.2) is 5.78 Å². The average Bonchev–Trinajstić information content (AvgIpc) is 3.23. The lowest BCUT2D eigenvalue weighted by Crippen LogP contribution is -2.35. The van der Waals surface area contributed by atoms with Crippen LogP contribution in [0.5, 0.6) is 0 Å². The molecule has 6 heteroatoms. The van der Waals surface area contributed by atoms with Crippen molar-refractivity contribution in [1.82, 2.24) is 5.32 Å². The van der Waals surface area contributed by atoms with Gasteiger partial charge in [-0.25, -0.2) is 0 Å². The van der Waals surface area contributed by atoms with Crippen molar-refractivity contribution in [2.75, 3.05) is 24.6 Å². The van der Waals surface area contributed by atoms with Gasteiger partial charge in [-0.1, -0.05) is 0 Å². The van der Waals surface area contributed by atoms with Crippen LogP contribution in [0.3, 0.4) is 0 Å². The van der Waals surface area contributed by atoms with Gasteiger partial charge in [0.2, 0.25) is 12.3 Å². The van der Waals surface area contributed by atoms with Gasteiger partial charge in [0.05, 0.1) is 0 Å². The minimum absolute atomic E-state index is 0.00927. The van der Waals surface area contributed by atoms with Crippen molar-refractivity contribution in [2.24, 2.45) is 0 Å². The van der Waals surface area contributed by atoms with Crippen molar-refractivity contribution >= 4 is 23.8 Å². The molecule has 2 heterocycles. The number of ether oxygens (including phenoxy) is 1. The third-order valence-corrected chi connectivity index (χ3v) is 4.33. The molecular weight excluding hydrogens is 296 g/mol. The lowest BCUT2D eigenvalue weighted by atomic mass is 10.0. The van der Waals surface area contributed by atoms with Crippen LogP contribution in [0, 0.1) is 0 Å². The first kappa shape index (κ1) is 15.7. The molecule has 1 saturated heterocycles. The highest BCUT2D eigenvalue weighted by molar-refractivity contribution is 5.97. The topological polar surface area (TPSA) is 75.7 Å². The van der Waals surface area contributed by atoms with E-state index in [0.717, 1.165) is 36.9 Å². The average molecular weight is 316 g/mol. The third kappa shape index (κ3) is 3.42. The van der Waals surface area contributed by atoms with Crippen molar-refractivity contribution in [3.8, 4) is 0 Å². The summed E-state index contributed by atoms with van der Waals surface area (Å²) in [6.45, 7) is 1.60. The van der Waals surface area contributed by atoms with E-state index in [1.165, 1.54) is 0 Å². The monoisotopic (exact) mass is 316 g/mol. The van der Waals surface area contributed by atoms with Crippen molar-refractivity contribution in [3.05, 3.63) is 29.3 Å². The van der Waals surface area contributed by atoms with E-state index < -0.39 is 0 Å². The number of carbonyl (C=O) groups excluding carboxylic acids is 3. The number of nitrogens with one attached hydrogen (secondary N) is 1. The second-order valence-corrected chi connectivity index (χ2v) is 5.86. The molecule has 122 valence electrons. The van der Waals surface area contributed by atoms with E-state index in [2.05, 4.69) is 5.32 Å². The zero-order chi connectivity index (χ0) is 16.2. The SMILES string of the molecule is O=CN1CCc2cc(C(=O)CCNC(=O)C3CCCO3)ccc21. The Hall–Kier alpha value is -2.21. The second-order valence-electron chi connectivity index (χ2n) is 5.86. The number of hydrogen-bond donors (Lipinski definition) is 1. The molecular formula is C17H20N2O4. The van der Waals surface area contributed by atoms with Gasteiger partial charge in [-0.3, -0.25) is 14.4 Å². The van der Waals surface area contributed by atoms with Gasteiger partial charge in [-0.05, 0) is 43.0 Å². The zero-order valence-corrected chi connectivity index (χ0v) is 12.9. The lowest BCUT2D eigenvalue weighted by molar-refractivity contribution is -0.129. The summed E-state index contributed by atoms with van der Waals surface area (Å²) in [6, 6.07) is 5.41. The number of rotatable bonds is 6. The van der Waals surface area contributed by atoms with Crippen molar-refractivity contribution in [3.63, 3.8) is 0 Å². The molecule has 1 atom stereocenters. The Kier molecular flexibility index (Phi) is 4.71. The van der Waals surface area contributed by atoms with E-state index in [4.69, 9.17) is 4.74 Å². The van der Waals surface area contributed by atoms with Gasteiger partial charge < -0.3 is 15.0 Å². The van der Waals surface area contributed by atoms with Gasteiger partial charge in [0.1, 0.15) is 6.10 Å². The predicted octanol–water partition coefficient (Wildman–Crippen LogP) is 1.07. The molecule has 1 aromatic carbocycles. The smallest absolute Gasteiger partial charge is 0.249 e. The first-order chi connectivity index (χ1) is 11.2. The van der Waals surface area contributed by atoms with E-state index >= 15 is 0 Å². The predicted molar refractivity (Wildman–Crippen MR) is 84.5 cm³/mol. The summed E-state index contributed by atoms with van der Waals surface area (Å²) in [5.74, 6) is -0.143. The quantitative estimate of drug-likeness (QED) is 0.629. The second kappa shape index (κ2) is 6.91. The molecule has 3 rings (SSSR count). The van der Waals surface area contributed by atoms with Crippen LogP contribution in [-0.2, 0) is 20.7 Å². The van der Waals surface area contributed by atoms with Crippen LogP contribution in [0.15, 0.2) is 18.2 Å². The Balaban J connectivity index is 1.52. The molecule has 0 bridgehead atoms. The summed E-state index contributed by atoms with van der Waals surface area (Å²) in [4.78, 5) is 36.6. The molecule has 2 aliphatic heterocycles. The molecule has 0 saturated carbocycles. The van der Waals surface area contributed by atoms with Crippen LogP contribution in [0.25, 0.3) is 0 Å². The van der Waals surface area contributed by atoms with Crippen LogP contribution in [-0.4, -0.2) is 43.9 Å². The number of hydrogen-bond acceptors (Lipinski definition) is 4. The summed E-state index contributed by atoms with van der Waals surface area (Å²) < 4.78 is 5.30. The van der Waals surface area contributed by atoms with Gasteiger partial charge in [-0.15, -0.1) is 0 Å². The molecule has 2 amide bonds. The molecule has 1 N–H and O–H groups in total. The fourth-order valence-electron chi connectivity index (χ4n) is 3.05. The van der Waals surface area contributed by atoms with Crippen LogP contribution in [0.2, 0.25) is 0 Å². The summed E-state index contributed by atoms with van der Waals surface area (Å²) in [6.07, 6.45) is 3.13. The van der Waals surface area contributed by atoms with Gasteiger partial charge in [-0.2, -0.15) is 0 Å². The Morgan fingerprint density at radius 1 is 1.39 bits per heavy atom. The highest BCUT2D eigenvalue weighted by atomic mass is 16.5. The van der Waals surface area contributed by atoms with E-state index in [9.17, 15) is 14.4 Å². The lowest BCUT2D eigenvalue weighted by Gasteiger charge is -2.11. The number of benzene rings is 1. The van der Waals surface area contributed by atoms with Gasteiger partial charge in [0, 0.05) is 37.4 Å². The van der Waals surface area contributed by atoms with E-state index in [0.29, 0.717) is 25.3 Å². The molecule has 1 aromatic rings. The minimum Gasteiger partial charge on any atom is -0.368 e. The van der Waals surface area contributed by atoms with Crippen LogP contribution < -0.4 is 10.2 Å². The number of anilines is 1. The summed E-state index contributed by atoms with van der Waals surface area (Å²) in [5, 5.41) is 2.75. The maximum atomic E-state index is 12.2. The Labute approximate surface area is 134 Å². The van der Waals surface area contributed by atoms with Crippen LogP contribution in [0.4, 0.5) is 5.69 Å². The molecule has 1 unspecified atom stereocenters. The zero-order valence-electron chi connectivity index (χ0n) is 12.9. The first-order valence-corrected chi connectivity index (χ1v) is 7.96. The molecule has 0 aliphatic carbocycles. The molecule has 2 aliphatic rings. The number of amides is 2. The fraction of sp³-hybridized carbons (Fsp3) is 0.471. The van der Waals surface area contributed by atoms with Crippen molar-refractivity contribution in [2.45, 2.75) is 31.8 Å². The number of nitrogens with zero attached hydrogens (tertiary/aromatic N) is 1. The Morgan fingerprint density at radius 2 is 2.26 bits per heavy atom. The normalized spacial score (nSPS) is 19.5. The maximum Gasteiger partial charge on any atom is 0.249 e. The number of fused-ring (bicyclic) bond motifs is 1. The van der Waals surface area contributed by atoms with E-state index in [1.807, 2.05) is 12.1 Å². The molecule has 0 radical (unpaired) electrons.